The first-order valence-corrected chi connectivity index (χ1v) is 26.1. The third-order valence-electron chi connectivity index (χ3n) is 13.5. The van der Waals surface area contributed by atoms with E-state index >= 15 is 0 Å². The van der Waals surface area contributed by atoms with Gasteiger partial charge in [0.2, 0.25) is 0 Å². The van der Waals surface area contributed by atoms with Crippen molar-refractivity contribution in [2.45, 2.75) is 183 Å². The Morgan fingerprint density at radius 3 is 1.08 bits per heavy atom. The van der Waals surface area contributed by atoms with Crippen molar-refractivity contribution in [3.05, 3.63) is 127 Å². The van der Waals surface area contributed by atoms with Gasteiger partial charge in [-0.3, -0.25) is 0 Å². The van der Waals surface area contributed by atoms with E-state index in [1.807, 2.05) is 0 Å². The number of fused-ring (bicyclic) bond motifs is 2. The van der Waals surface area contributed by atoms with Crippen LogP contribution < -0.4 is 0 Å². The van der Waals surface area contributed by atoms with Gasteiger partial charge in [-0.2, -0.15) is 0 Å². The lowest BCUT2D eigenvalue weighted by molar-refractivity contribution is 0.616. The highest BCUT2D eigenvalue weighted by Gasteiger charge is 2.32. The van der Waals surface area contributed by atoms with Crippen LogP contribution in [0.2, 0.25) is 12.1 Å². The molecule has 4 aromatic rings. The fourth-order valence-corrected chi connectivity index (χ4v) is 12.8. The highest BCUT2D eigenvalue weighted by atomic mass is 28.2. The summed E-state index contributed by atoms with van der Waals surface area (Å²) in [6.07, 6.45) is 12.4. The molecule has 0 spiro atoms. The zero-order valence-electron chi connectivity index (χ0n) is 39.9. The molecule has 0 amide bonds. The molecule has 0 heterocycles. The monoisotopic (exact) mass is 805 g/mol. The Morgan fingerprint density at radius 1 is 0.458 bits per heavy atom. The molecule has 0 radical (unpaired) electrons. The molecular formula is C58H80Si. The van der Waals surface area contributed by atoms with Crippen molar-refractivity contribution in [2.24, 2.45) is 11.8 Å². The summed E-state index contributed by atoms with van der Waals surface area (Å²) in [5.41, 5.74) is 24.6. The number of rotatable bonds is 18. The molecule has 59 heavy (non-hydrogen) atoms. The van der Waals surface area contributed by atoms with Crippen LogP contribution in [0.1, 0.15) is 214 Å². The maximum Gasteiger partial charge on any atom is 0.0218 e. The SMILES string of the molecule is CCCc1ccc2c(c1-c1cc(C(C)C)cc(C(C)C)c1)C=C(CC(C)C)C2C[SiH2]CC1C(CC(C)C)=Cc2c1ccc(CCC)c2-c1cc(C(C)C)cc(C(C)C)c1. The van der Waals surface area contributed by atoms with Gasteiger partial charge in [0.05, 0.1) is 0 Å². The van der Waals surface area contributed by atoms with Crippen molar-refractivity contribution in [3.8, 4) is 22.3 Å². The molecule has 2 aliphatic rings. The Balaban J connectivity index is 1.39. The summed E-state index contributed by atoms with van der Waals surface area (Å²) in [5, 5.41) is 0. The quantitative estimate of drug-likeness (QED) is 0.0879. The van der Waals surface area contributed by atoms with E-state index in [9.17, 15) is 0 Å². The number of aryl methyl sites for hydroxylation is 2. The molecular weight excluding hydrogens is 725 g/mol. The molecule has 0 nitrogen and oxygen atoms in total. The van der Waals surface area contributed by atoms with E-state index in [0.717, 1.165) is 12.8 Å². The highest BCUT2D eigenvalue weighted by Crippen LogP contribution is 2.50. The van der Waals surface area contributed by atoms with Crippen LogP contribution in [0.5, 0.6) is 0 Å². The average molecular weight is 805 g/mol. The van der Waals surface area contributed by atoms with E-state index in [0.29, 0.717) is 47.3 Å². The third-order valence-corrected chi connectivity index (χ3v) is 15.5. The first-order chi connectivity index (χ1) is 28.1. The van der Waals surface area contributed by atoms with Gasteiger partial charge in [-0.05, 0) is 139 Å². The van der Waals surface area contributed by atoms with Gasteiger partial charge in [-0.1, -0.05) is 206 Å². The molecule has 0 bridgehead atoms. The molecule has 6 rings (SSSR count). The van der Waals surface area contributed by atoms with E-state index in [1.54, 1.807) is 33.4 Å². The fraction of sp³-hybridized carbons (Fsp3) is 0.517. The van der Waals surface area contributed by atoms with Gasteiger partial charge in [0.1, 0.15) is 0 Å². The number of hydrogen-bond donors (Lipinski definition) is 0. The van der Waals surface area contributed by atoms with Crippen LogP contribution in [-0.2, 0) is 12.8 Å². The van der Waals surface area contributed by atoms with E-state index in [2.05, 4.69) is 170 Å². The second-order valence-corrected chi connectivity index (χ2v) is 22.6. The van der Waals surface area contributed by atoms with Gasteiger partial charge in [0.25, 0.3) is 0 Å². The van der Waals surface area contributed by atoms with Crippen LogP contribution in [0.15, 0.2) is 71.8 Å². The van der Waals surface area contributed by atoms with Crippen molar-refractivity contribution in [1.82, 2.24) is 0 Å². The lowest BCUT2D eigenvalue weighted by Crippen LogP contribution is -2.10. The van der Waals surface area contributed by atoms with Crippen molar-refractivity contribution in [2.75, 3.05) is 0 Å². The highest BCUT2D eigenvalue weighted by molar-refractivity contribution is 6.36. The van der Waals surface area contributed by atoms with Gasteiger partial charge >= 0.3 is 0 Å². The summed E-state index contributed by atoms with van der Waals surface area (Å²) in [6.45, 7) is 33.2. The minimum absolute atomic E-state index is 0.397. The molecule has 0 N–H and O–H groups in total. The zero-order valence-corrected chi connectivity index (χ0v) is 41.3. The summed E-state index contributed by atoms with van der Waals surface area (Å²) in [5.74, 6) is 4.46. The smallest absolute Gasteiger partial charge is 0.0218 e. The first-order valence-electron chi connectivity index (χ1n) is 24.1. The normalized spacial score (nSPS) is 16.5. The molecule has 0 saturated heterocycles. The summed E-state index contributed by atoms with van der Waals surface area (Å²) in [7, 11) is -0.397. The topological polar surface area (TPSA) is 0 Å². The maximum absolute atomic E-state index is 2.69. The van der Waals surface area contributed by atoms with Crippen LogP contribution in [0, 0.1) is 11.8 Å². The van der Waals surface area contributed by atoms with Crippen LogP contribution in [0.25, 0.3) is 34.4 Å². The van der Waals surface area contributed by atoms with E-state index in [-0.39, 0.29) is 0 Å². The molecule has 0 aliphatic heterocycles. The second kappa shape index (κ2) is 19.5. The Hall–Kier alpha value is -3.42. The summed E-state index contributed by atoms with van der Waals surface area (Å²) in [6, 6.07) is 28.0. The Morgan fingerprint density at radius 2 is 0.797 bits per heavy atom. The molecule has 2 aliphatic carbocycles. The van der Waals surface area contributed by atoms with Crippen LogP contribution in [0.4, 0.5) is 0 Å². The standard InChI is InChI=1S/C58H80Si/c1-15-17-41-19-21-51-53(57(41)49-27-43(37(7)8)25-44(28-49)38(9)10)31-47(23-35(3)4)55(51)33-59-34-56-48(24-36(5)6)32-54-52(56)22-20-42(18-16-2)58(54)50-29-45(39(11)12)26-46(30-50)40(13)14/h19-22,25-32,35-40,55-56H,15-18,23-24,33-34,59H2,1-14H3. The van der Waals surface area contributed by atoms with Gasteiger partial charge in [0, 0.05) is 21.4 Å². The largest absolute Gasteiger partial charge is 0.0651 e. The minimum Gasteiger partial charge on any atom is -0.0651 e. The van der Waals surface area contributed by atoms with E-state index in [4.69, 9.17) is 0 Å². The van der Waals surface area contributed by atoms with Crippen molar-refractivity contribution in [3.63, 3.8) is 0 Å². The lowest BCUT2D eigenvalue weighted by Gasteiger charge is -2.23. The number of benzene rings is 4. The number of hydrogen-bond acceptors (Lipinski definition) is 0. The molecule has 0 aromatic heterocycles. The van der Waals surface area contributed by atoms with Crippen LogP contribution in [-0.4, -0.2) is 9.52 Å². The molecule has 4 aromatic carbocycles. The molecule has 0 saturated carbocycles. The van der Waals surface area contributed by atoms with E-state index < -0.39 is 9.52 Å². The molecule has 316 valence electrons. The van der Waals surface area contributed by atoms with Crippen molar-refractivity contribution >= 4 is 21.7 Å². The predicted octanol–water partition coefficient (Wildman–Crippen LogP) is 17.2. The van der Waals surface area contributed by atoms with Gasteiger partial charge in [0.15, 0.2) is 0 Å². The molecule has 1 heteroatoms. The van der Waals surface area contributed by atoms with Crippen LogP contribution >= 0.6 is 0 Å². The van der Waals surface area contributed by atoms with Crippen LogP contribution in [0.3, 0.4) is 0 Å². The van der Waals surface area contributed by atoms with Crippen molar-refractivity contribution in [1.29, 1.82) is 0 Å². The molecule has 0 fully saturated rings. The van der Waals surface area contributed by atoms with E-state index in [1.165, 1.54) is 93.4 Å². The summed E-state index contributed by atoms with van der Waals surface area (Å²) in [4.78, 5) is 0. The van der Waals surface area contributed by atoms with Crippen molar-refractivity contribution < 1.29 is 0 Å². The van der Waals surface area contributed by atoms with Gasteiger partial charge in [-0.25, -0.2) is 0 Å². The minimum atomic E-state index is -0.397. The lowest BCUT2D eigenvalue weighted by atomic mass is 9.84. The summed E-state index contributed by atoms with van der Waals surface area (Å²) < 4.78 is 0. The third kappa shape index (κ3) is 10.0. The predicted molar refractivity (Wildman–Crippen MR) is 267 cm³/mol. The van der Waals surface area contributed by atoms with Gasteiger partial charge < -0.3 is 0 Å². The molecule has 2 atom stereocenters. The second-order valence-electron chi connectivity index (χ2n) is 20.8. The first kappa shape index (κ1) is 45.1. The zero-order chi connectivity index (χ0) is 42.7. The number of allylic oxidation sites excluding steroid dienone is 2. The fourth-order valence-electron chi connectivity index (χ4n) is 10.4. The van der Waals surface area contributed by atoms with Gasteiger partial charge in [-0.15, -0.1) is 0 Å². The average Bonchev–Trinajstić information content (AvgIpc) is 3.69. The Kier molecular flexibility index (Phi) is 14.9. The Labute approximate surface area is 364 Å². The molecule has 2 unspecified atom stereocenters. The maximum atomic E-state index is 2.69. The Bertz CT molecular complexity index is 1940. The summed E-state index contributed by atoms with van der Waals surface area (Å²) >= 11 is 0.